The van der Waals surface area contributed by atoms with Gasteiger partial charge in [-0.15, -0.1) is 0 Å². The zero-order valence-corrected chi connectivity index (χ0v) is 18.4. The Morgan fingerprint density at radius 3 is 1.84 bits per heavy atom. The summed E-state index contributed by atoms with van der Waals surface area (Å²) in [5.74, 6) is -4.80. The van der Waals surface area contributed by atoms with Crippen molar-refractivity contribution in [3.8, 4) is 0 Å². The van der Waals surface area contributed by atoms with Gasteiger partial charge in [-0.1, -0.05) is 34.1 Å². The van der Waals surface area contributed by atoms with Gasteiger partial charge in [-0.25, -0.2) is 4.79 Å². The fourth-order valence-corrected chi connectivity index (χ4v) is 2.69. The second-order valence-corrected chi connectivity index (χ2v) is 7.92. The molecule has 31 heavy (non-hydrogen) atoms. The van der Waals surface area contributed by atoms with Crippen LogP contribution >= 0.6 is 0 Å². The smallest absolute Gasteiger partial charge is 0.326 e. The summed E-state index contributed by atoms with van der Waals surface area (Å²) in [6, 6.07) is -4.97. The number of carbonyl (C=O) groups is 5. The molecule has 0 aliphatic carbocycles. The van der Waals surface area contributed by atoms with Crippen molar-refractivity contribution in [2.24, 2.45) is 23.3 Å². The molecule has 0 aromatic carbocycles. The van der Waals surface area contributed by atoms with E-state index >= 15 is 0 Å². The lowest BCUT2D eigenvalue weighted by Crippen LogP contribution is -2.59. The molecule has 9 N–H and O–H groups in total. The molecule has 0 rings (SSSR count). The Morgan fingerprint density at radius 2 is 1.42 bits per heavy atom. The first-order chi connectivity index (χ1) is 14.3. The van der Waals surface area contributed by atoms with E-state index in [4.69, 9.17) is 11.5 Å². The molecule has 12 nitrogen and oxygen atoms in total. The number of hydrogen-bond donors (Lipinski definition) is 7. The number of rotatable bonds is 14. The molecule has 0 aromatic heterocycles. The Bertz CT molecular complexity index is 656. The van der Waals surface area contributed by atoms with Crippen molar-refractivity contribution in [3.05, 3.63) is 0 Å². The van der Waals surface area contributed by atoms with Crippen molar-refractivity contribution in [1.29, 1.82) is 0 Å². The number of nitrogens with two attached hydrogens (primary N) is 2. The number of aliphatic carboxylic acids is 1. The minimum absolute atomic E-state index is 0.0333. The second kappa shape index (κ2) is 13.5. The van der Waals surface area contributed by atoms with Crippen LogP contribution in [0.3, 0.4) is 0 Å². The highest BCUT2D eigenvalue weighted by molar-refractivity contribution is 5.95. The number of carboxylic acids is 1. The highest BCUT2D eigenvalue weighted by Gasteiger charge is 2.32. The number of carbonyl (C=O) groups excluding carboxylic acids is 4. The van der Waals surface area contributed by atoms with Crippen LogP contribution in [0, 0.1) is 11.8 Å². The molecule has 0 aliphatic rings. The molecule has 0 radical (unpaired) electrons. The Hall–Kier alpha value is -2.73. The summed E-state index contributed by atoms with van der Waals surface area (Å²) in [5, 5.41) is 25.9. The number of hydrogen-bond acceptors (Lipinski definition) is 7. The lowest BCUT2D eigenvalue weighted by molar-refractivity contribution is -0.144. The maximum Gasteiger partial charge on any atom is 0.326 e. The summed E-state index contributed by atoms with van der Waals surface area (Å²) in [5.41, 5.74) is 10.5. The quantitative estimate of drug-likeness (QED) is 0.155. The van der Waals surface area contributed by atoms with Crippen LogP contribution in [0.1, 0.15) is 47.0 Å². The average molecular weight is 446 g/mol. The van der Waals surface area contributed by atoms with Crippen LogP contribution in [-0.2, 0) is 24.0 Å². The molecule has 0 fully saturated rings. The van der Waals surface area contributed by atoms with E-state index in [1.165, 1.54) is 0 Å². The van der Waals surface area contributed by atoms with E-state index in [-0.39, 0.29) is 18.3 Å². The maximum atomic E-state index is 12.7. The van der Waals surface area contributed by atoms with Crippen LogP contribution in [0.15, 0.2) is 0 Å². The molecule has 0 aromatic rings. The maximum absolute atomic E-state index is 12.7. The van der Waals surface area contributed by atoms with Gasteiger partial charge in [0.25, 0.3) is 0 Å². The summed E-state index contributed by atoms with van der Waals surface area (Å²) < 4.78 is 0. The third-order valence-electron chi connectivity index (χ3n) is 4.69. The molecule has 12 heteroatoms. The summed E-state index contributed by atoms with van der Waals surface area (Å²) >= 11 is 0. The van der Waals surface area contributed by atoms with Gasteiger partial charge >= 0.3 is 5.97 Å². The lowest BCUT2D eigenvalue weighted by atomic mass is 9.97. The van der Waals surface area contributed by atoms with Crippen molar-refractivity contribution in [3.63, 3.8) is 0 Å². The number of aliphatic hydroxyl groups excluding tert-OH is 1. The Morgan fingerprint density at radius 1 is 0.903 bits per heavy atom. The molecule has 0 bridgehead atoms. The van der Waals surface area contributed by atoms with Crippen LogP contribution in [-0.4, -0.2) is 70.6 Å². The summed E-state index contributed by atoms with van der Waals surface area (Å²) in [6.45, 7) is 6.30. The first kappa shape index (κ1) is 28.3. The molecule has 0 heterocycles. The van der Waals surface area contributed by atoms with Gasteiger partial charge in [-0.3, -0.25) is 19.2 Å². The van der Waals surface area contributed by atoms with E-state index in [1.54, 1.807) is 13.8 Å². The molecule has 5 atom stereocenters. The predicted molar refractivity (Wildman–Crippen MR) is 111 cm³/mol. The molecule has 0 saturated heterocycles. The van der Waals surface area contributed by atoms with Crippen molar-refractivity contribution in [2.75, 3.05) is 6.61 Å². The minimum atomic E-state index is -1.43. The van der Waals surface area contributed by atoms with Crippen molar-refractivity contribution >= 4 is 29.6 Å². The minimum Gasteiger partial charge on any atom is -0.480 e. The van der Waals surface area contributed by atoms with Crippen molar-refractivity contribution < 1.29 is 34.2 Å². The van der Waals surface area contributed by atoms with Crippen molar-refractivity contribution in [1.82, 2.24) is 16.0 Å². The first-order valence-electron chi connectivity index (χ1n) is 10.1. The van der Waals surface area contributed by atoms with E-state index in [1.807, 2.05) is 13.8 Å². The van der Waals surface area contributed by atoms with Gasteiger partial charge in [0, 0.05) is 0 Å². The fourth-order valence-electron chi connectivity index (χ4n) is 2.69. The zero-order valence-electron chi connectivity index (χ0n) is 18.4. The van der Waals surface area contributed by atoms with E-state index < -0.39 is 66.8 Å². The predicted octanol–water partition coefficient (Wildman–Crippen LogP) is -2.19. The second-order valence-electron chi connectivity index (χ2n) is 7.92. The van der Waals surface area contributed by atoms with Gasteiger partial charge in [-0.2, -0.15) is 0 Å². The standard InChI is InChI=1S/C19H35N5O7/c1-5-10(4)15(19(30)31)24-17(28)12(6-9(2)3)22-18(29)13(8-25)23-16(27)11(20)7-14(21)26/h9-13,15,25H,5-8,20H2,1-4H3,(H2,21,26)(H,22,29)(H,23,27)(H,24,28)(H,30,31). The molecule has 0 saturated carbocycles. The normalized spacial score (nSPS) is 15.8. The van der Waals surface area contributed by atoms with Gasteiger partial charge in [0.1, 0.15) is 18.1 Å². The van der Waals surface area contributed by atoms with Crippen LogP contribution in [0.5, 0.6) is 0 Å². The molecule has 5 unspecified atom stereocenters. The summed E-state index contributed by atoms with van der Waals surface area (Å²) in [6.07, 6.45) is 0.260. The van der Waals surface area contributed by atoms with Gasteiger partial charge in [0.15, 0.2) is 0 Å². The molecular weight excluding hydrogens is 410 g/mol. The Kier molecular flexibility index (Phi) is 12.4. The van der Waals surface area contributed by atoms with Crippen LogP contribution in [0.4, 0.5) is 0 Å². The third-order valence-corrected chi connectivity index (χ3v) is 4.69. The Labute approximate surface area is 181 Å². The molecule has 0 spiro atoms. The van der Waals surface area contributed by atoms with E-state index in [9.17, 15) is 34.2 Å². The molecular formula is C19H35N5O7. The molecule has 0 aliphatic heterocycles. The van der Waals surface area contributed by atoms with E-state index in [0.717, 1.165) is 0 Å². The van der Waals surface area contributed by atoms with Crippen LogP contribution in [0.2, 0.25) is 0 Å². The highest BCUT2D eigenvalue weighted by atomic mass is 16.4. The van der Waals surface area contributed by atoms with Gasteiger partial charge in [0.2, 0.25) is 23.6 Å². The van der Waals surface area contributed by atoms with Gasteiger partial charge < -0.3 is 37.6 Å². The number of nitrogens with one attached hydrogen (secondary N) is 3. The highest BCUT2D eigenvalue weighted by Crippen LogP contribution is 2.11. The summed E-state index contributed by atoms with van der Waals surface area (Å²) in [7, 11) is 0. The number of carboxylic acid groups (broad SMARTS) is 1. The van der Waals surface area contributed by atoms with Gasteiger partial charge in [-0.05, 0) is 18.3 Å². The largest absolute Gasteiger partial charge is 0.480 e. The van der Waals surface area contributed by atoms with Crippen molar-refractivity contribution in [2.45, 2.75) is 71.1 Å². The molecule has 4 amide bonds. The number of aliphatic hydroxyl groups is 1. The first-order valence-corrected chi connectivity index (χ1v) is 10.1. The Balaban J connectivity index is 5.32. The van der Waals surface area contributed by atoms with Gasteiger partial charge in [0.05, 0.1) is 19.1 Å². The van der Waals surface area contributed by atoms with E-state index in [2.05, 4.69) is 16.0 Å². The zero-order chi connectivity index (χ0) is 24.3. The van der Waals surface area contributed by atoms with E-state index in [0.29, 0.717) is 6.42 Å². The van der Waals surface area contributed by atoms with Crippen LogP contribution in [0.25, 0.3) is 0 Å². The van der Waals surface area contributed by atoms with Crippen LogP contribution < -0.4 is 27.4 Å². The third kappa shape index (κ3) is 10.2. The molecule has 178 valence electrons. The lowest BCUT2D eigenvalue weighted by Gasteiger charge is -2.26. The summed E-state index contributed by atoms with van der Waals surface area (Å²) in [4.78, 5) is 59.6. The average Bonchev–Trinajstić information content (AvgIpc) is 2.67. The number of amides is 4. The number of primary amides is 1. The monoisotopic (exact) mass is 445 g/mol. The fraction of sp³-hybridized carbons (Fsp3) is 0.737. The topological polar surface area (TPSA) is 214 Å². The SMILES string of the molecule is CCC(C)C(NC(=O)C(CC(C)C)NC(=O)C(CO)NC(=O)C(N)CC(N)=O)C(=O)O.